The fourth-order valence-electron chi connectivity index (χ4n) is 7.92. The first kappa shape index (κ1) is 25.3. The van der Waals surface area contributed by atoms with Crippen molar-refractivity contribution in [2.24, 2.45) is 0 Å². The summed E-state index contributed by atoms with van der Waals surface area (Å²) in [6, 6.07) is 55.6. The highest BCUT2D eigenvalue weighted by Gasteiger charge is 2.55. The van der Waals surface area contributed by atoms with Crippen LogP contribution >= 0.6 is 0 Å². The van der Waals surface area contributed by atoms with Gasteiger partial charge in [0.2, 0.25) is 0 Å². The Kier molecular flexibility index (Phi) is 5.20. The molecule has 10 rings (SSSR count). The molecule has 0 radical (unpaired) electrons. The molecule has 214 valence electrons. The molecule has 8 aromatic rings. The van der Waals surface area contributed by atoms with Gasteiger partial charge in [-0.1, -0.05) is 146 Å². The van der Waals surface area contributed by atoms with Crippen LogP contribution in [0.1, 0.15) is 22.3 Å². The SMILES string of the molecule is c1ccc(-c2cc(-c3cccc4c3C3(c5ccccc5-4)c4ccccc4-c4oc5ccccc5c43)nc(-c3ccccc3)n2)cc1. The number of fused-ring (bicyclic) bond motifs is 12. The van der Waals surface area contributed by atoms with Crippen LogP contribution in [0, 0.1) is 0 Å². The Bertz CT molecular complexity index is 2420. The molecule has 0 fully saturated rings. The quantitative estimate of drug-likeness (QED) is 0.207. The Morgan fingerprint density at radius 1 is 0.435 bits per heavy atom. The standard InChI is InChI=1S/C43H26N2O/c1-3-14-27(15-4-1)36-26-37(45-42(44-36)28-16-5-2-6-17-28)32-22-13-21-30-29-18-7-10-23-34(29)43(39(30)32)35-24-11-8-19-31(35)41-40(43)33-20-9-12-25-38(33)46-41/h1-26H. The molecule has 2 aliphatic rings. The summed E-state index contributed by atoms with van der Waals surface area (Å²) in [7, 11) is 0. The lowest BCUT2D eigenvalue weighted by molar-refractivity contribution is 0.628. The van der Waals surface area contributed by atoms with Gasteiger partial charge in [0, 0.05) is 33.2 Å². The van der Waals surface area contributed by atoms with Gasteiger partial charge in [-0.3, -0.25) is 0 Å². The molecule has 6 aromatic carbocycles. The monoisotopic (exact) mass is 586 g/mol. The van der Waals surface area contributed by atoms with E-state index < -0.39 is 5.41 Å². The Morgan fingerprint density at radius 3 is 1.83 bits per heavy atom. The first-order valence-corrected chi connectivity index (χ1v) is 15.7. The Morgan fingerprint density at radius 2 is 1.02 bits per heavy atom. The molecule has 1 atom stereocenters. The largest absolute Gasteiger partial charge is 0.456 e. The minimum absolute atomic E-state index is 0.578. The lowest BCUT2D eigenvalue weighted by atomic mass is 9.68. The van der Waals surface area contributed by atoms with Crippen molar-refractivity contribution in [3.8, 4) is 56.4 Å². The van der Waals surface area contributed by atoms with Crippen molar-refractivity contribution in [1.82, 2.24) is 9.97 Å². The first-order chi connectivity index (χ1) is 22.8. The Labute approximate surface area is 266 Å². The summed E-state index contributed by atoms with van der Waals surface area (Å²) in [5.41, 5.74) is 13.8. The molecule has 0 N–H and O–H groups in total. The highest BCUT2D eigenvalue weighted by Crippen LogP contribution is 2.66. The van der Waals surface area contributed by atoms with Crippen LogP contribution in [-0.4, -0.2) is 9.97 Å². The molecule has 0 saturated carbocycles. The summed E-state index contributed by atoms with van der Waals surface area (Å²) in [6.07, 6.45) is 0. The van der Waals surface area contributed by atoms with Gasteiger partial charge >= 0.3 is 0 Å². The fraction of sp³-hybridized carbons (Fsp3) is 0.0233. The van der Waals surface area contributed by atoms with Gasteiger partial charge in [0.15, 0.2) is 5.82 Å². The molecule has 2 heterocycles. The van der Waals surface area contributed by atoms with Gasteiger partial charge in [0.25, 0.3) is 0 Å². The minimum Gasteiger partial charge on any atom is -0.456 e. The number of hydrogen-bond acceptors (Lipinski definition) is 3. The molecular weight excluding hydrogens is 560 g/mol. The fourth-order valence-corrected chi connectivity index (χ4v) is 7.92. The summed E-state index contributed by atoms with van der Waals surface area (Å²) < 4.78 is 6.73. The van der Waals surface area contributed by atoms with Crippen molar-refractivity contribution in [2.75, 3.05) is 0 Å². The number of para-hydroxylation sites is 1. The molecule has 2 aliphatic carbocycles. The van der Waals surface area contributed by atoms with Crippen LogP contribution in [0.25, 0.3) is 67.3 Å². The summed E-state index contributed by atoms with van der Waals surface area (Å²) in [5.74, 6) is 1.66. The van der Waals surface area contributed by atoms with E-state index in [4.69, 9.17) is 14.4 Å². The Hall–Kier alpha value is -6.06. The highest BCUT2D eigenvalue weighted by molar-refractivity contribution is 6.03. The third kappa shape index (κ3) is 3.32. The molecule has 3 heteroatoms. The van der Waals surface area contributed by atoms with Crippen molar-refractivity contribution in [2.45, 2.75) is 5.41 Å². The van der Waals surface area contributed by atoms with Gasteiger partial charge in [0.1, 0.15) is 11.3 Å². The molecule has 2 aromatic heterocycles. The van der Waals surface area contributed by atoms with E-state index in [-0.39, 0.29) is 0 Å². The van der Waals surface area contributed by atoms with Crippen molar-refractivity contribution in [3.05, 3.63) is 180 Å². The average molecular weight is 587 g/mol. The molecule has 46 heavy (non-hydrogen) atoms. The number of benzene rings is 6. The topological polar surface area (TPSA) is 38.9 Å². The van der Waals surface area contributed by atoms with E-state index in [0.29, 0.717) is 5.82 Å². The van der Waals surface area contributed by atoms with Crippen molar-refractivity contribution >= 4 is 11.0 Å². The normalized spacial score (nSPS) is 15.5. The predicted molar refractivity (Wildman–Crippen MR) is 184 cm³/mol. The highest BCUT2D eigenvalue weighted by atomic mass is 16.3. The van der Waals surface area contributed by atoms with E-state index in [9.17, 15) is 0 Å². The summed E-state index contributed by atoms with van der Waals surface area (Å²) in [4.78, 5) is 10.4. The summed E-state index contributed by atoms with van der Waals surface area (Å²) in [5, 5.41) is 1.14. The van der Waals surface area contributed by atoms with Gasteiger partial charge in [0.05, 0.1) is 16.8 Å². The second-order valence-electron chi connectivity index (χ2n) is 12.1. The predicted octanol–water partition coefficient (Wildman–Crippen LogP) is 10.6. The molecule has 0 bridgehead atoms. The summed E-state index contributed by atoms with van der Waals surface area (Å²) >= 11 is 0. The van der Waals surface area contributed by atoms with Crippen molar-refractivity contribution in [1.29, 1.82) is 0 Å². The Balaban J connectivity index is 1.35. The van der Waals surface area contributed by atoms with Crippen molar-refractivity contribution in [3.63, 3.8) is 0 Å². The molecule has 0 saturated heterocycles. The average Bonchev–Trinajstić information content (AvgIpc) is 3.76. The summed E-state index contributed by atoms with van der Waals surface area (Å²) in [6.45, 7) is 0. The second kappa shape index (κ2) is 9.47. The zero-order valence-electron chi connectivity index (χ0n) is 24.8. The maximum atomic E-state index is 6.73. The number of furan rings is 1. The molecule has 1 unspecified atom stereocenters. The molecular formula is C43H26N2O. The third-order valence-corrected chi connectivity index (χ3v) is 9.71. The third-order valence-electron chi connectivity index (χ3n) is 9.71. The van der Waals surface area contributed by atoms with Crippen LogP contribution in [0.3, 0.4) is 0 Å². The van der Waals surface area contributed by atoms with E-state index in [1.165, 1.54) is 33.4 Å². The number of hydrogen-bond donors (Lipinski definition) is 0. The molecule has 1 spiro atoms. The number of aromatic nitrogens is 2. The molecule has 0 aliphatic heterocycles. The van der Waals surface area contributed by atoms with E-state index in [0.717, 1.165) is 50.4 Å². The lowest BCUT2D eigenvalue weighted by Crippen LogP contribution is -2.26. The van der Waals surface area contributed by atoms with E-state index >= 15 is 0 Å². The number of rotatable bonds is 3. The van der Waals surface area contributed by atoms with Gasteiger partial charge in [-0.05, 0) is 39.9 Å². The number of nitrogens with zero attached hydrogens (tertiary/aromatic N) is 2. The van der Waals surface area contributed by atoms with Crippen LogP contribution in [0.2, 0.25) is 0 Å². The zero-order chi connectivity index (χ0) is 30.2. The van der Waals surface area contributed by atoms with Crippen LogP contribution < -0.4 is 0 Å². The van der Waals surface area contributed by atoms with E-state index in [1.54, 1.807) is 0 Å². The van der Waals surface area contributed by atoms with Crippen molar-refractivity contribution < 1.29 is 4.42 Å². The smallest absolute Gasteiger partial charge is 0.160 e. The van der Waals surface area contributed by atoms with E-state index in [2.05, 4.69) is 133 Å². The lowest BCUT2D eigenvalue weighted by Gasteiger charge is -2.31. The van der Waals surface area contributed by atoms with Crippen LogP contribution in [0.5, 0.6) is 0 Å². The first-order valence-electron chi connectivity index (χ1n) is 15.7. The maximum absolute atomic E-state index is 6.73. The van der Waals surface area contributed by atoms with Gasteiger partial charge < -0.3 is 4.42 Å². The van der Waals surface area contributed by atoms with E-state index in [1.807, 2.05) is 24.3 Å². The maximum Gasteiger partial charge on any atom is 0.160 e. The minimum atomic E-state index is -0.578. The molecule has 0 amide bonds. The van der Waals surface area contributed by atoms with Crippen LogP contribution in [0.15, 0.2) is 162 Å². The van der Waals surface area contributed by atoms with Gasteiger partial charge in [-0.25, -0.2) is 9.97 Å². The van der Waals surface area contributed by atoms with Crippen LogP contribution in [-0.2, 0) is 5.41 Å². The molecule has 3 nitrogen and oxygen atoms in total. The van der Waals surface area contributed by atoms with Gasteiger partial charge in [-0.2, -0.15) is 0 Å². The second-order valence-corrected chi connectivity index (χ2v) is 12.1. The van der Waals surface area contributed by atoms with Gasteiger partial charge in [-0.15, -0.1) is 0 Å². The van der Waals surface area contributed by atoms with Crippen LogP contribution in [0.4, 0.5) is 0 Å². The zero-order valence-corrected chi connectivity index (χ0v) is 24.8.